The van der Waals surface area contributed by atoms with Crippen molar-refractivity contribution >= 4 is 45.2 Å². The lowest BCUT2D eigenvalue weighted by Crippen LogP contribution is -2.30. The van der Waals surface area contributed by atoms with Gasteiger partial charge in [-0.25, -0.2) is 0 Å². The van der Waals surface area contributed by atoms with Gasteiger partial charge in [0.2, 0.25) is 0 Å². The van der Waals surface area contributed by atoms with Gasteiger partial charge in [-0.1, -0.05) is 0 Å². The van der Waals surface area contributed by atoms with Crippen LogP contribution in [-0.2, 0) is 15.1 Å². The molecule has 0 radical (unpaired) electrons. The molecular weight excluding hydrogens is 330 g/mol. The van der Waals surface area contributed by atoms with Gasteiger partial charge in [-0.3, -0.25) is 9.11 Å². The zero-order chi connectivity index (χ0) is 16.1. The highest BCUT2D eigenvalue weighted by Crippen LogP contribution is 1.92. The summed E-state index contributed by atoms with van der Waals surface area (Å²) in [6, 6.07) is 0. The Hall–Kier alpha value is -0.790. The van der Waals surface area contributed by atoms with Crippen molar-refractivity contribution in [3.05, 3.63) is 0 Å². The molecule has 0 saturated heterocycles. The Morgan fingerprint density at radius 2 is 1.45 bits per heavy atom. The molecule has 0 aliphatic carbocycles. The molecule has 0 aromatic heterocycles. The number of rotatable bonds is 3. The first-order chi connectivity index (χ1) is 8.49. The number of nitrogens with two attached hydrogens (primary N) is 1. The second-order valence-electron chi connectivity index (χ2n) is 2.66. The smallest absolute Gasteiger partial charge is 0.394 e. The fraction of sp³-hybridized carbons (Fsp3) is 0.750. The van der Waals surface area contributed by atoms with Crippen LogP contribution in [0.1, 0.15) is 20.8 Å². The van der Waals surface area contributed by atoms with Crippen LogP contribution >= 0.6 is 24.4 Å². The molecule has 0 amide bonds. The molecule has 0 aliphatic rings. The molecule has 0 atom stereocenters. The maximum absolute atomic E-state index is 8.74. The molecule has 8 N–H and O–H groups in total. The molecule has 124 valence electrons. The molecule has 0 heterocycles. The summed E-state index contributed by atoms with van der Waals surface area (Å²) in [4.78, 5) is 2.01. The molecule has 0 aromatic carbocycles. The summed E-state index contributed by atoms with van der Waals surface area (Å²) in [6.45, 7) is 8.58. The van der Waals surface area contributed by atoms with Crippen molar-refractivity contribution < 1.29 is 27.4 Å². The zero-order valence-electron chi connectivity index (χ0n) is 11.6. The van der Waals surface area contributed by atoms with Gasteiger partial charge >= 0.3 is 10.4 Å². The Balaban J connectivity index is -0.000000108. The Morgan fingerprint density at radius 3 is 1.60 bits per heavy atom. The summed E-state index contributed by atoms with van der Waals surface area (Å²) in [5, 5.41) is 7.68. The highest BCUT2D eigenvalue weighted by Gasteiger charge is 2.03. The third kappa shape index (κ3) is 43.4. The average Bonchev–Trinajstić information content (AvgIpc) is 2.16. The van der Waals surface area contributed by atoms with Crippen molar-refractivity contribution in [3.63, 3.8) is 0 Å². The van der Waals surface area contributed by atoms with Crippen LogP contribution in [-0.4, -0.2) is 57.6 Å². The van der Waals surface area contributed by atoms with Gasteiger partial charge in [-0.2, -0.15) is 8.42 Å². The Kier molecular flexibility index (Phi) is 22.4. The van der Waals surface area contributed by atoms with E-state index in [4.69, 9.17) is 39.6 Å². The van der Waals surface area contributed by atoms with Crippen LogP contribution in [0.15, 0.2) is 0 Å². The summed E-state index contributed by atoms with van der Waals surface area (Å²) in [5.41, 5.74) is 4.40. The number of nitrogens with zero attached hydrogens (tertiary/aromatic N) is 1. The van der Waals surface area contributed by atoms with Gasteiger partial charge in [0, 0.05) is 13.1 Å². The topological polar surface area (TPSA) is 168 Å². The van der Waals surface area contributed by atoms with Gasteiger partial charge < -0.3 is 26.6 Å². The minimum Gasteiger partial charge on any atom is -0.487 e. The predicted molar refractivity (Wildman–Crippen MR) is 85.8 cm³/mol. The van der Waals surface area contributed by atoms with Gasteiger partial charge in [-0.15, -0.1) is 0 Å². The Morgan fingerprint density at radius 1 is 1.20 bits per heavy atom. The van der Waals surface area contributed by atoms with Crippen molar-refractivity contribution in [1.82, 2.24) is 11.1 Å². The molecular formula is C8H23N3O6S3. The van der Waals surface area contributed by atoms with Gasteiger partial charge in [-0.05, 0) is 45.2 Å². The summed E-state index contributed by atoms with van der Waals surface area (Å²) in [5.74, 6) is 0. The number of aliphatic hydroxyl groups is 1. The Labute approximate surface area is 130 Å². The predicted octanol–water partition coefficient (Wildman–Crippen LogP) is 0.947. The lowest BCUT2D eigenvalue weighted by molar-refractivity contribution is 0.264. The largest absolute Gasteiger partial charge is 0.487 e. The number of hydrogen-bond acceptors (Lipinski definition) is 6. The lowest BCUT2D eigenvalue weighted by atomic mass is 10.6. The van der Waals surface area contributed by atoms with E-state index in [0.29, 0.717) is 11.8 Å². The van der Waals surface area contributed by atoms with Crippen molar-refractivity contribution in [2.24, 2.45) is 5.73 Å². The van der Waals surface area contributed by atoms with E-state index in [0.717, 1.165) is 13.1 Å². The first kappa shape index (κ1) is 27.5. The molecule has 20 heavy (non-hydrogen) atoms. The maximum atomic E-state index is 8.74. The van der Waals surface area contributed by atoms with Crippen molar-refractivity contribution in [2.75, 3.05) is 19.7 Å². The monoisotopic (exact) mass is 353 g/mol. The van der Waals surface area contributed by atoms with Crippen molar-refractivity contribution in [3.8, 4) is 0 Å². The molecule has 0 aliphatic heterocycles. The maximum Gasteiger partial charge on any atom is 0.394 e. The Bertz CT molecular complexity index is 333. The fourth-order valence-electron chi connectivity index (χ4n) is 0.697. The van der Waals surface area contributed by atoms with E-state index >= 15 is 0 Å². The fourth-order valence-corrected chi connectivity index (χ4v) is 1.07. The highest BCUT2D eigenvalue weighted by atomic mass is 32.3. The van der Waals surface area contributed by atoms with Gasteiger partial charge in [0.25, 0.3) is 10.3 Å². The van der Waals surface area contributed by atoms with Crippen molar-refractivity contribution in [2.45, 2.75) is 20.8 Å². The van der Waals surface area contributed by atoms with Gasteiger partial charge in [0.05, 0.1) is 6.61 Å². The standard InChI is InChI=1S/C7H15NOS.CH3NOS.H3N.H2O4S/c1-4-8(5-2)7(10)9-6-3;2-1(3)4;;1-5(2,3)4/h4-6H2,1-3H3;(H3,2,3,4);1H3;(H2,1,2,3,4). The molecule has 0 fully saturated rings. The quantitative estimate of drug-likeness (QED) is 0.361. The number of hydrogen-bond donors (Lipinski definition) is 5. The number of aliphatic hydroxyl groups excluding tert-OH is 1. The number of thiocarbonyl (C=S) groups is 2. The van der Waals surface area contributed by atoms with Crippen LogP contribution in [0.5, 0.6) is 0 Å². The summed E-state index contributed by atoms with van der Waals surface area (Å²) in [7, 11) is -4.67. The van der Waals surface area contributed by atoms with E-state index in [1.807, 2.05) is 11.8 Å². The van der Waals surface area contributed by atoms with E-state index in [9.17, 15) is 0 Å². The van der Waals surface area contributed by atoms with Crippen molar-refractivity contribution in [1.29, 1.82) is 0 Å². The minimum absolute atomic E-state index is 0. The average molecular weight is 353 g/mol. The highest BCUT2D eigenvalue weighted by molar-refractivity contribution is 7.80. The number of ether oxygens (including phenoxy) is 1. The zero-order valence-corrected chi connectivity index (χ0v) is 14.1. The third-order valence-corrected chi connectivity index (χ3v) is 1.67. The summed E-state index contributed by atoms with van der Waals surface area (Å²) in [6.07, 6.45) is 0. The minimum atomic E-state index is -4.67. The first-order valence-electron chi connectivity index (χ1n) is 5.09. The normalized spacial score (nSPS) is 8.65. The third-order valence-electron chi connectivity index (χ3n) is 1.29. The first-order valence-corrected chi connectivity index (χ1v) is 7.30. The van der Waals surface area contributed by atoms with Crippen LogP contribution in [0, 0.1) is 0 Å². The van der Waals surface area contributed by atoms with Crippen LogP contribution in [0.4, 0.5) is 0 Å². The van der Waals surface area contributed by atoms with E-state index in [1.165, 1.54) is 0 Å². The van der Waals surface area contributed by atoms with Crippen LogP contribution in [0.25, 0.3) is 0 Å². The molecule has 0 saturated carbocycles. The van der Waals surface area contributed by atoms with E-state index in [2.05, 4.69) is 31.8 Å². The van der Waals surface area contributed by atoms with Gasteiger partial charge in [0.15, 0.2) is 0 Å². The molecule has 0 unspecified atom stereocenters. The molecule has 0 aromatic rings. The van der Waals surface area contributed by atoms with Crippen LogP contribution < -0.4 is 11.9 Å². The molecule has 12 heteroatoms. The van der Waals surface area contributed by atoms with E-state index in [-0.39, 0.29) is 6.15 Å². The molecule has 0 rings (SSSR count). The molecule has 9 nitrogen and oxygen atoms in total. The van der Waals surface area contributed by atoms with Gasteiger partial charge in [0.1, 0.15) is 0 Å². The molecule has 0 spiro atoms. The van der Waals surface area contributed by atoms with E-state index < -0.39 is 15.6 Å². The second kappa shape index (κ2) is 16.3. The van der Waals surface area contributed by atoms with E-state index in [1.54, 1.807) is 0 Å². The summed E-state index contributed by atoms with van der Waals surface area (Å²) >= 11 is 8.85. The summed E-state index contributed by atoms with van der Waals surface area (Å²) < 4.78 is 36.7. The lowest BCUT2D eigenvalue weighted by Gasteiger charge is -2.20. The molecule has 0 bridgehead atoms. The SMILES string of the molecule is CCOC(=S)N(CC)CC.N.NC(O)=S.O=S(=O)(O)O. The van der Waals surface area contributed by atoms with Crippen LogP contribution in [0.2, 0.25) is 0 Å². The van der Waals surface area contributed by atoms with Crippen LogP contribution in [0.3, 0.4) is 0 Å². The second-order valence-corrected chi connectivity index (χ2v) is 4.32.